The fourth-order valence-corrected chi connectivity index (χ4v) is 7.74. The third-order valence-corrected chi connectivity index (χ3v) is 9.61. The van der Waals surface area contributed by atoms with Gasteiger partial charge in [0, 0.05) is 17.4 Å². The molecule has 0 saturated carbocycles. The molecule has 0 bridgehead atoms. The summed E-state index contributed by atoms with van der Waals surface area (Å²) in [5.41, 5.74) is 8.23. The Balaban J connectivity index is 1.40. The molecule has 8 heteroatoms. The third-order valence-electron chi connectivity index (χ3n) is 9.61. The van der Waals surface area contributed by atoms with Gasteiger partial charge < -0.3 is 26.2 Å². The van der Waals surface area contributed by atoms with E-state index in [1.807, 2.05) is 48.5 Å². The molecular formula is C39H37N3O5. The van der Waals surface area contributed by atoms with E-state index in [9.17, 15) is 24.6 Å². The number of rotatable bonds is 12. The van der Waals surface area contributed by atoms with Crippen LogP contribution in [0.1, 0.15) is 66.2 Å². The van der Waals surface area contributed by atoms with Crippen molar-refractivity contribution in [3.63, 3.8) is 0 Å². The summed E-state index contributed by atoms with van der Waals surface area (Å²) in [5.74, 6) is 1.67. The van der Waals surface area contributed by atoms with Gasteiger partial charge in [0.15, 0.2) is 0 Å². The first-order valence-electron chi connectivity index (χ1n) is 15.9. The molecule has 0 radical (unpaired) electrons. The first-order valence-corrected chi connectivity index (χ1v) is 15.9. The van der Waals surface area contributed by atoms with Crippen LogP contribution in [0.15, 0.2) is 97.1 Å². The second-order valence-electron chi connectivity index (χ2n) is 12.4. The van der Waals surface area contributed by atoms with Crippen molar-refractivity contribution in [1.82, 2.24) is 16.0 Å². The van der Waals surface area contributed by atoms with Crippen molar-refractivity contribution in [2.24, 2.45) is 0 Å². The van der Waals surface area contributed by atoms with Crippen molar-refractivity contribution in [2.45, 2.75) is 55.5 Å². The SMILES string of the molecule is C#CCNC(=O)[C@H](CCCC(CC1c2ccccc2-c2ccccc21)(CC1c2ccccc2-c2ccccc21)NC(=O)O)NC(=O)O. The highest BCUT2D eigenvalue weighted by Crippen LogP contribution is 2.53. The Kier molecular flexibility index (Phi) is 8.99. The van der Waals surface area contributed by atoms with Crippen LogP contribution in [0.2, 0.25) is 0 Å². The lowest BCUT2D eigenvalue weighted by Gasteiger charge is -2.39. The average Bonchev–Trinajstić information content (AvgIpc) is 3.55. The number of hydrogen-bond acceptors (Lipinski definition) is 3. The van der Waals surface area contributed by atoms with Crippen LogP contribution in [0.5, 0.6) is 0 Å². The summed E-state index contributed by atoms with van der Waals surface area (Å²) in [6.45, 7) is -0.0257. The molecule has 47 heavy (non-hydrogen) atoms. The number of amides is 3. The molecule has 0 unspecified atom stereocenters. The molecular weight excluding hydrogens is 590 g/mol. The molecule has 8 nitrogen and oxygen atoms in total. The normalized spacial score (nSPS) is 13.8. The zero-order valence-corrected chi connectivity index (χ0v) is 25.9. The number of carbonyl (C=O) groups excluding carboxylic acids is 1. The van der Waals surface area contributed by atoms with E-state index in [0.29, 0.717) is 25.7 Å². The Morgan fingerprint density at radius 2 is 1.13 bits per heavy atom. The van der Waals surface area contributed by atoms with Gasteiger partial charge in [0.2, 0.25) is 5.91 Å². The van der Waals surface area contributed by atoms with Gasteiger partial charge in [-0.1, -0.05) is 103 Å². The number of nitrogens with one attached hydrogen (secondary N) is 3. The molecule has 238 valence electrons. The minimum Gasteiger partial charge on any atom is -0.465 e. The van der Waals surface area contributed by atoms with Crippen molar-refractivity contribution in [1.29, 1.82) is 0 Å². The Hall–Kier alpha value is -5.55. The Bertz CT molecular complexity index is 1670. The topological polar surface area (TPSA) is 128 Å². The fourth-order valence-electron chi connectivity index (χ4n) is 7.74. The highest BCUT2D eigenvalue weighted by atomic mass is 16.4. The molecule has 3 amide bonds. The van der Waals surface area contributed by atoms with E-state index in [1.54, 1.807) is 0 Å². The number of benzene rings is 4. The largest absolute Gasteiger partial charge is 0.465 e. The first-order chi connectivity index (χ1) is 22.8. The maximum atomic E-state index is 12.8. The Morgan fingerprint density at radius 3 is 1.51 bits per heavy atom. The van der Waals surface area contributed by atoms with Crippen LogP contribution in [0.25, 0.3) is 22.3 Å². The van der Waals surface area contributed by atoms with Crippen molar-refractivity contribution < 1.29 is 24.6 Å². The molecule has 4 aromatic carbocycles. The molecule has 0 heterocycles. The molecule has 0 fully saturated rings. The Morgan fingerprint density at radius 1 is 0.702 bits per heavy atom. The number of hydrogen-bond donors (Lipinski definition) is 5. The van der Waals surface area contributed by atoms with E-state index in [1.165, 1.54) is 0 Å². The maximum Gasteiger partial charge on any atom is 0.405 e. The fraction of sp³-hybridized carbons (Fsp3) is 0.256. The number of carbonyl (C=O) groups is 3. The Labute approximate surface area is 274 Å². The van der Waals surface area contributed by atoms with E-state index in [4.69, 9.17) is 6.42 Å². The molecule has 5 N–H and O–H groups in total. The summed E-state index contributed by atoms with van der Waals surface area (Å²) >= 11 is 0. The van der Waals surface area contributed by atoms with Crippen molar-refractivity contribution in [2.75, 3.05) is 6.54 Å². The van der Waals surface area contributed by atoms with E-state index in [-0.39, 0.29) is 24.8 Å². The lowest BCUT2D eigenvalue weighted by Crippen LogP contribution is -2.51. The van der Waals surface area contributed by atoms with E-state index in [0.717, 1.165) is 44.5 Å². The monoisotopic (exact) mass is 627 g/mol. The molecule has 2 aliphatic carbocycles. The molecule has 4 aromatic rings. The number of terminal acetylenes is 1. The quantitative estimate of drug-likeness (QED) is 0.109. The van der Waals surface area contributed by atoms with Crippen LogP contribution >= 0.6 is 0 Å². The smallest absolute Gasteiger partial charge is 0.405 e. The van der Waals surface area contributed by atoms with Gasteiger partial charge >= 0.3 is 12.2 Å². The van der Waals surface area contributed by atoms with Crippen molar-refractivity contribution in [3.8, 4) is 34.6 Å². The van der Waals surface area contributed by atoms with E-state index < -0.39 is 29.7 Å². The minimum atomic E-state index is -1.32. The van der Waals surface area contributed by atoms with Gasteiger partial charge in [0.1, 0.15) is 6.04 Å². The summed E-state index contributed by atoms with van der Waals surface area (Å²) in [4.78, 5) is 37.2. The van der Waals surface area contributed by atoms with Gasteiger partial charge in [-0.2, -0.15) is 0 Å². The zero-order valence-electron chi connectivity index (χ0n) is 25.9. The zero-order chi connectivity index (χ0) is 33.0. The summed E-state index contributed by atoms with van der Waals surface area (Å²) in [6.07, 6.45) is 4.74. The average molecular weight is 628 g/mol. The van der Waals surface area contributed by atoms with Gasteiger partial charge in [0.05, 0.1) is 6.54 Å². The standard InChI is InChI=1S/C39H37N3O5/c1-2-22-40-36(43)35(41-37(44)45)20-11-21-39(42-38(46)47,23-33-29-16-7-3-12-25(29)26-13-4-8-17-30(26)33)24-34-31-18-9-5-14-27(31)28-15-6-10-19-32(28)34/h1,3-10,12-19,33-35,41-42H,11,20-24H2,(H,40,43)(H,44,45)(H,46,47)/t35-/m0/s1. The van der Waals surface area contributed by atoms with Gasteiger partial charge in [-0.15, -0.1) is 6.42 Å². The number of carboxylic acid groups (broad SMARTS) is 2. The third kappa shape index (κ3) is 6.43. The molecule has 0 aromatic heterocycles. The van der Waals surface area contributed by atoms with E-state index >= 15 is 0 Å². The summed E-state index contributed by atoms with van der Waals surface area (Å²) in [6, 6.07) is 32.0. The van der Waals surface area contributed by atoms with E-state index in [2.05, 4.69) is 70.4 Å². The van der Waals surface area contributed by atoms with Gasteiger partial charge in [-0.05, 0) is 76.6 Å². The highest BCUT2D eigenvalue weighted by Gasteiger charge is 2.43. The second kappa shape index (κ2) is 13.4. The molecule has 6 rings (SSSR count). The van der Waals surface area contributed by atoms with Crippen LogP contribution < -0.4 is 16.0 Å². The molecule has 0 saturated heterocycles. The maximum absolute atomic E-state index is 12.8. The summed E-state index contributed by atoms with van der Waals surface area (Å²) in [7, 11) is 0. The van der Waals surface area contributed by atoms with Crippen LogP contribution in [0.3, 0.4) is 0 Å². The van der Waals surface area contributed by atoms with Crippen molar-refractivity contribution in [3.05, 3.63) is 119 Å². The van der Waals surface area contributed by atoms with Crippen LogP contribution in [-0.4, -0.2) is 46.4 Å². The molecule has 0 spiro atoms. The van der Waals surface area contributed by atoms with Crippen molar-refractivity contribution >= 4 is 18.1 Å². The second-order valence-corrected chi connectivity index (χ2v) is 12.4. The minimum absolute atomic E-state index is 0.0257. The predicted octanol–water partition coefficient (Wildman–Crippen LogP) is 6.95. The predicted molar refractivity (Wildman–Crippen MR) is 181 cm³/mol. The summed E-state index contributed by atoms with van der Waals surface area (Å²) in [5, 5.41) is 27.8. The van der Waals surface area contributed by atoms with Crippen LogP contribution in [0, 0.1) is 12.3 Å². The molecule has 1 atom stereocenters. The van der Waals surface area contributed by atoms with Crippen LogP contribution in [0.4, 0.5) is 9.59 Å². The molecule has 2 aliphatic rings. The first kappa shape index (κ1) is 31.4. The lowest BCUT2D eigenvalue weighted by atomic mass is 9.72. The number of fused-ring (bicyclic) bond motifs is 6. The van der Waals surface area contributed by atoms with Gasteiger partial charge in [-0.25, -0.2) is 9.59 Å². The summed E-state index contributed by atoms with van der Waals surface area (Å²) < 4.78 is 0. The lowest BCUT2D eigenvalue weighted by molar-refractivity contribution is -0.123. The van der Waals surface area contributed by atoms with Gasteiger partial charge in [-0.3, -0.25) is 4.79 Å². The molecule has 0 aliphatic heterocycles. The van der Waals surface area contributed by atoms with Crippen LogP contribution in [-0.2, 0) is 4.79 Å². The van der Waals surface area contributed by atoms with Gasteiger partial charge in [0.25, 0.3) is 0 Å². The highest BCUT2D eigenvalue weighted by molar-refractivity contribution is 5.85.